The van der Waals surface area contributed by atoms with Gasteiger partial charge in [0.2, 0.25) is 0 Å². The molecular formula is C16H15IN2O. The summed E-state index contributed by atoms with van der Waals surface area (Å²) in [4.78, 5) is 11.9. The molecule has 0 bridgehead atoms. The zero-order chi connectivity index (χ0) is 14.1. The lowest BCUT2D eigenvalue weighted by molar-refractivity contribution is 0.0946. The van der Waals surface area contributed by atoms with Crippen molar-refractivity contribution in [2.75, 3.05) is 6.54 Å². The Morgan fingerprint density at radius 1 is 1.10 bits per heavy atom. The number of carbonyl (C=O) groups excluding carboxylic acids is 1. The molecule has 0 spiro atoms. The smallest absolute Gasteiger partial charge is 0.251 e. The van der Waals surface area contributed by atoms with Crippen LogP contribution in [0.2, 0.25) is 0 Å². The molecule has 0 aliphatic carbocycles. The SMILES string of the molecule is NC(c1ccc(I)cc1)c1ccc2c(c1)C(=O)NCC2. The van der Waals surface area contributed by atoms with Crippen LogP contribution < -0.4 is 11.1 Å². The molecule has 1 unspecified atom stereocenters. The molecule has 1 atom stereocenters. The minimum atomic E-state index is -0.202. The molecule has 0 radical (unpaired) electrons. The Bertz CT molecular complexity index is 652. The van der Waals surface area contributed by atoms with Crippen molar-refractivity contribution in [2.24, 2.45) is 5.73 Å². The van der Waals surface area contributed by atoms with Crippen LogP contribution in [-0.2, 0) is 6.42 Å². The van der Waals surface area contributed by atoms with Crippen LogP contribution in [0, 0.1) is 3.57 Å². The Kier molecular flexibility index (Phi) is 3.76. The van der Waals surface area contributed by atoms with E-state index in [4.69, 9.17) is 5.73 Å². The largest absolute Gasteiger partial charge is 0.352 e. The summed E-state index contributed by atoms with van der Waals surface area (Å²) in [6.07, 6.45) is 0.889. The van der Waals surface area contributed by atoms with Gasteiger partial charge in [-0.2, -0.15) is 0 Å². The maximum Gasteiger partial charge on any atom is 0.251 e. The Labute approximate surface area is 131 Å². The molecule has 4 heteroatoms. The van der Waals surface area contributed by atoms with E-state index in [9.17, 15) is 4.79 Å². The van der Waals surface area contributed by atoms with Crippen LogP contribution in [0.1, 0.15) is 33.1 Å². The van der Waals surface area contributed by atoms with Crippen LogP contribution in [0.25, 0.3) is 0 Å². The first-order valence-electron chi connectivity index (χ1n) is 6.57. The second-order valence-corrected chi connectivity index (χ2v) is 6.20. The van der Waals surface area contributed by atoms with Crippen LogP contribution >= 0.6 is 22.6 Å². The van der Waals surface area contributed by atoms with Crippen LogP contribution in [0.4, 0.5) is 0 Å². The third-order valence-corrected chi connectivity index (χ3v) is 4.37. The van der Waals surface area contributed by atoms with Gasteiger partial charge in [-0.15, -0.1) is 0 Å². The average Bonchev–Trinajstić information content (AvgIpc) is 2.47. The third-order valence-electron chi connectivity index (χ3n) is 3.65. The number of fused-ring (bicyclic) bond motifs is 1. The lowest BCUT2D eigenvalue weighted by Gasteiger charge is -2.19. The third kappa shape index (κ3) is 2.58. The Hall–Kier alpha value is -1.40. The van der Waals surface area contributed by atoms with Gasteiger partial charge in [-0.3, -0.25) is 4.79 Å². The Balaban J connectivity index is 1.96. The van der Waals surface area contributed by atoms with E-state index >= 15 is 0 Å². The molecule has 1 aliphatic rings. The van der Waals surface area contributed by atoms with Crippen LogP contribution in [0.15, 0.2) is 42.5 Å². The van der Waals surface area contributed by atoms with Crippen LogP contribution in [0.3, 0.4) is 0 Å². The van der Waals surface area contributed by atoms with Gasteiger partial charge in [0.15, 0.2) is 0 Å². The summed E-state index contributed by atoms with van der Waals surface area (Å²) in [5.41, 5.74) is 10.2. The summed E-state index contributed by atoms with van der Waals surface area (Å²) >= 11 is 2.27. The highest BCUT2D eigenvalue weighted by molar-refractivity contribution is 14.1. The van der Waals surface area contributed by atoms with Crippen molar-refractivity contribution >= 4 is 28.5 Å². The quantitative estimate of drug-likeness (QED) is 0.790. The molecule has 0 fully saturated rings. The molecule has 102 valence electrons. The Morgan fingerprint density at radius 2 is 1.80 bits per heavy atom. The maximum atomic E-state index is 11.9. The van der Waals surface area contributed by atoms with E-state index in [0.29, 0.717) is 6.54 Å². The number of halogens is 1. The summed E-state index contributed by atoms with van der Waals surface area (Å²) in [5, 5.41) is 2.87. The molecule has 3 N–H and O–H groups in total. The van der Waals surface area contributed by atoms with Gasteiger partial charge in [0, 0.05) is 15.7 Å². The number of amides is 1. The predicted octanol–water partition coefficient (Wildman–Crippen LogP) is 2.63. The number of hydrogen-bond donors (Lipinski definition) is 2. The van der Waals surface area contributed by atoms with Crippen molar-refractivity contribution in [2.45, 2.75) is 12.5 Å². The fourth-order valence-electron chi connectivity index (χ4n) is 2.49. The molecule has 0 saturated carbocycles. The molecule has 1 aliphatic heterocycles. The summed E-state index contributed by atoms with van der Waals surface area (Å²) < 4.78 is 1.18. The standard InChI is InChI=1S/C16H15IN2O/c17-13-5-3-11(4-6-13)15(18)12-2-1-10-7-8-19-16(20)14(10)9-12/h1-6,9,15H,7-8,18H2,(H,19,20). The highest BCUT2D eigenvalue weighted by Crippen LogP contribution is 2.24. The zero-order valence-corrected chi connectivity index (χ0v) is 13.1. The topological polar surface area (TPSA) is 55.1 Å². The van der Waals surface area contributed by atoms with Crippen LogP contribution in [0.5, 0.6) is 0 Å². The highest BCUT2D eigenvalue weighted by atomic mass is 127. The van der Waals surface area contributed by atoms with E-state index in [-0.39, 0.29) is 11.9 Å². The van der Waals surface area contributed by atoms with Crippen molar-refractivity contribution in [1.29, 1.82) is 0 Å². The second-order valence-electron chi connectivity index (χ2n) is 4.95. The van der Waals surface area contributed by atoms with Gasteiger partial charge in [-0.1, -0.05) is 24.3 Å². The average molecular weight is 378 g/mol. The van der Waals surface area contributed by atoms with Gasteiger partial charge in [0.05, 0.1) is 6.04 Å². The van der Waals surface area contributed by atoms with Crippen molar-refractivity contribution in [3.63, 3.8) is 0 Å². The van der Waals surface area contributed by atoms with Gasteiger partial charge < -0.3 is 11.1 Å². The molecule has 1 heterocycles. The van der Waals surface area contributed by atoms with Gasteiger partial charge >= 0.3 is 0 Å². The minimum Gasteiger partial charge on any atom is -0.352 e. The predicted molar refractivity (Wildman–Crippen MR) is 87.7 cm³/mol. The normalized spacial score (nSPS) is 15.4. The van der Waals surface area contributed by atoms with Gasteiger partial charge in [0.25, 0.3) is 5.91 Å². The lowest BCUT2D eigenvalue weighted by Crippen LogP contribution is -2.32. The first-order valence-corrected chi connectivity index (χ1v) is 7.65. The Morgan fingerprint density at radius 3 is 2.55 bits per heavy atom. The van der Waals surface area contributed by atoms with E-state index in [2.05, 4.69) is 27.9 Å². The van der Waals surface area contributed by atoms with Crippen molar-refractivity contribution in [3.05, 3.63) is 68.3 Å². The fraction of sp³-hybridized carbons (Fsp3) is 0.188. The second kappa shape index (κ2) is 5.54. The fourth-order valence-corrected chi connectivity index (χ4v) is 2.84. The van der Waals surface area contributed by atoms with E-state index in [1.54, 1.807) is 0 Å². The summed E-state index contributed by atoms with van der Waals surface area (Å²) in [6.45, 7) is 0.717. The summed E-state index contributed by atoms with van der Waals surface area (Å²) in [5.74, 6) is 0.00269. The van der Waals surface area contributed by atoms with E-state index in [0.717, 1.165) is 28.7 Å². The molecule has 2 aromatic rings. The first-order chi connectivity index (χ1) is 9.65. The highest BCUT2D eigenvalue weighted by Gasteiger charge is 2.18. The monoisotopic (exact) mass is 378 g/mol. The number of benzene rings is 2. The molecule has 0 aromatic heterocycles. The maximum absolute atomic E-state index is 11.9. The molecule has 3 nitrogen and oxygen atoms in total. The molecule has 1 amide bonds. The van der Waals surface area contributed by atoms with Gasteiger partial charge in [-0.05, 0) is 63.9 Å². The number of nitrogens with two attached hydrogens (primary N) is 1. The number of hydrogen-bond acceptors (Lipinski definition) is 2. The van der Waals surface area contributed by atoms with Gasteiger partial charge in [-0.25, -0.2) is 0 Å². The number of carbonyl (C=O) groups is 1. The van der Waals surface area contributed by atoms with Crippen molar-refractivity contribution in [1.82, 2.24) is 5.32 Å². The zero-order valence-electron chi connectivity index (χ0n) is 10.9. The van der Waals surface area contributed by atoms with E-state index in [1.807, 2.05) is 42.5 Å². The van der Waals surface area contributed by atoms with E-state index in [1.165, 1.54) is 3.57 Å². The minimum absolute atomic E-state index is 0.00269. The van der Waals surface area contributed by atoms with Gasteiger partial charge in [0.1, 0.15) is 0 Å². The summed E-state index contributed by atoms with van der Waals surface area (Å²) in [7, 11) is 0. The lowest BCUT2D eigenvalue weighted by atomic mass is 9.93. The number of nitrogens with one attached hydrogen (secondary N) is 1. The molecule has 2 aromatic carbocycles. The number of rotatable bonds is 2. The molecule has 0 saturated heterocycles. The first kappa shape index (κ1) is 13.6. The van der Waals surface area contributed by atoms with Crippen molar-refractivity contribution < 1.29 is 4.79 Å². The van der Waals surface area contributed by atoms with Crippen molar-refractivity contribution in [3.8, 4) is 0 Å². The van der Waals surface area contributed by atoms with E-state index < -0.39 is 0 Å². The summed E-state index contributed by atoms with van der Waals surface area (Å²) in [6, 6.07) is 13.9. The molecule has 3 rings (SSSR count). The molecule has 20 heavy (non-hydrogen) atoms. The van der Waals surface area contributed by atoms with Crippen LogP contribution in [-0.4, -0.2) is 12.5 Å². The molecular weight excluding hydrogens is 363 g/mol.